The molecule has 224 valence electrons. The van der Waals surface area contributed by atoms with Gasteiger partial charge in [0.05, 0.1) is 37.2 Å². The van der Waals surface area contributed by atoms with Gasteiger partial charge >= 0.3 is 12.1 Å². The van der Waals surface area contributed by atoms with E-state index < -0.39 is 29.5 Å². The first-order valence-electron chi connectivity index (χ1n) is 12.8. The van der Waals surface area contributed by atoms with Crippen LogP contribution >= 0.6 is 11.6 Å². The van der Waals surface area contributed by atoms with E-state index in [9.17, 15) is 18.8 Å². The zero-order valence-electron chi connectivity index (χ0n) is 23.8. The molecule has 42 heavy (non-hydrogen) atoms. The van der Waals surface area contributed by atoms with Gasteiger partial charge in [-0.05, 0) is 57.9 Å². The zero-order valence-corrected chi connectivity index (χ0v) is 24.6. The quantitative estimate of drug-likeness (QED) is 0.377. The monoisotopic (exact) mass is 602 g/mol. The summed E-state index contributed by atoms with van der Waals surface area (Å²) in [6, 6.07) is 5.15. The van der Waals surface area contributed by atoms with E-state index in [1.165, 1.54) is 55.9 Å². The molecule has 1 aromatic carbocycles. The van der Waals surface area contributed by atoms with Gasteiger partial charge in [0, 0.05) is 24.0 Å². The average molecular weight is 603 g/mol. The highest BCUT2D eigenvalue weighted by atomic mass is 35.5. The van der Waals surface area contributed by atoms with Crippen molar-refractivity contribution in [1.29, 1.82) is 0 Å². The Morgan fingerprint density at radius 2 is 1.90 bits per heavy atom. The SMILES string of the molecule is COC(=O)[C@H]1CCCN1C(=O)OC(C)(C)C.COc1cnc(-c2cc(Cl)ccc2F)nc1Nc1ccncc1C(N)=O. The molecule has 3 N–H and O–H groups in total. The Morgan fingerprint density at radius 3 is 2.55 bits per heavy atom. The van der Waals surface area contributed by atoms with Gasteiger partial charge in [0.15, 0.2) is 17.4 Å². The Hall–Kier alpha value is -4.52. The lowest BCUT2D eigenvalue weighted by Gasteiger charge is -2.27. The smallest absolute Gasteiger partial charge is 0.411 e. The maximum Gasteiger partial charge on any atom is 0.411 e. The van der Waals surface area contributed by atoms with Gasteiger partial charge in [0.2, 0.25) is 0 Å². The zero-order chi connectivity index (χ0) is 31.0. The molecular formula is C28H32ClFN6O6. The van der Waals surface area contributed by atoms with Crippen molar-refractivity contribution in [2.24, 2.45) is 5.73 Å². The number of halogens is 2. The predicted octanol–water partition coefficient (Wildman–Crippen LogP) is 4.74. The fourth-order valence-corrected chi connectivity index (χ4v) is 4.09. The van der Waals surface area contributed by atoms with E-state index >= 15 is 0 Å². The summed E-state index contributed by atoms with van der Waals surface area (Å²) in [7, 11) is 2.76. The summed E-state index contributed by atoms with van der Waals surface area (Å²) < 4.78 is 29.2. The number of carbonyl (C=O) groups is 3. The Balaban J connectivity index is 0.000000260. The fraction of sp³-hybridized carbons (Fsp3) is 0.357. The minimum Gasteiger partial charge on any atom is -0.491 e. The van der Waals surface area contributed by atoms with Crippen LogP contribution in [0.2, 0.25) is 5.02 Å². The Bertz CT molecular complexity index is 1450. The highest BCUT2D eigenvalue weighted by Gasteiger charge is 2.37. The predicted molar refractivity (Wildman–Crippen MR) is 153 cm³/mol. The number of esters is 1. The van der Waals surface area contributed by atoms with Gasteiger partial charge in [0.1, 0.15) is 17.5 Å². The number of ether oxygens (including phenoxy) is 3. The Labute approximate surface area is 247 Å². The number of amides is 2. The van der Waals surface area contributed by atoms with Crippen molar-refractivity contribution in [2.45, 2.75) is 45.3 Å². The summed E-state index contributed by atoms with van der Waals surface area (Å²) in [5.74, 6) is -0.928. The number of anilines is 2. The Kier molecular flexibility index (Phi) is 10.6. The molecule has 3 heterocycles. The van der Waals surface area contributed by atoms with Gasteiger partial charge in [0.25, 0.3) is 5.91 Å². The normalized spacial score (nSPS) is 14.4. The molecule has 12 nitrogen and oxygen atoms in total. The first kappa shape index (κ1) is 32.0. The molecule has 1 aliphatic heterocycles. The van der Waals surface area contributed by atoms with Crippen LogP contribution in [0.3, 0.4) is 0 Å². The average Bonchev–Trinajstić information content (AvgIpc) is 3.44. The molecule has 0 radical (unpaired) electrons. The van der Waals surface area contributed by atoms with E-state index in [1.54, 1.807) is 26.8 Å². The maximum absolute atomic E-state index is 14.1. The topological polar surface area (TPSA) is 159 Å². The second-order valence-corrected chi connectivity index (χ2v) is 10.4. The largest absolute Gasteiger partial charge is 0.491 e. The lowest BCUT2D eigenvalue weighted by Crippen LogP contribution is -2.43. The highest BCUT2D eigenvalue weighted by molar-refractivity contribution is 6.30. The third kappa shape index (κ3) is 8.26. The second-order valence-electron chi connectivity index (χ2n) is 10.0. The van der Waals surface area contributed by atoms with Crippen molar-refractivity contribution in [2.75, 3.05) is 26.1 Å². The van der Waals surface area contributed by atoms with Crippen molar-refractivity contribution in [3.8, 4) is 17.1 Å². The van der Waals surface area contributed by atoms with Crippen LogP contribution in [0.25, 0.3) is 11.4 Å². The number of pyridine rings is 1. The highest BCUT2D eigenvalue weighted by Crippen LogP contribution is 2.30. The molecule has 0 aliphatic carbocycles. The van der Waals surface area contributed by atoms with E-state index in [4.69, 9.17) is 26.8 Å². The van der Waals surface area contributed by atoms with Crippen LogP contribution in [-0.4, -0.2) is 70.2 Å². The fourth-order valence-electron chi connectivity index (χ4n) is 3.92. The summed E-state index contributed by atoms with van der Waals surface area (Å²) in [5, 5.41) is 3.29. The van der Waals surface area contributed by atoms with Crippen LogP contribution in [0.1, 0.15) is 44.0 Å². The van der Waals surface area contributed by atoms with Crippen molar-refractivity contribution in [3.63, 3.8) is 0 Å². The molecule has 1 atom stereocenters. The summed E-state index contributed by atoms with van der Waals surface area (Å²) in [5.41, 5.74) is 5.49. The minimum absolute atomic E-state index is 0.1000. The van der Waals surface area contributed by atoms with Gasteiger partial charge in [-0.1, -0.05) is 11.6 Å². The van der Waals surface area contributed by atoms with E-state index in [-0.39, 0.29) is 28.7 Å². The number of likely N-dealkylation sites (tertiary alicyclic amines) is 1. The van der Waals surface area contributed by atoms with E-state index in [2.05, 4.69) is 25.0 Å². The summed E-state index contributed by atoms with van der Waals surface area (Å²) in [6.45, 7) is 5.95. The molecule has 1 aliphatic rings. The molecule has 14 heteroatoms. The van der Waals surface area contributed by atoms with Crippen LogP contribution in [0, 0.1) is 5.82 Å². The first-order chi connectivity index (χ1) is 19.8. The van der Waals surface area contributed by atoms with Crippen molar-refractivity contribution < 1.29 is 33.0 Å². The number of hydrogen-bond acceptors (Lipinski definition) is 10. The van der Waals surface area contributed by atoms with Crippen molar-refractivity contribution in [3.05, 3.63) is 59.3 Å². The van der Waals surface area contributed by atoms with Crippen LogP contribution in [0.5, 0.6) is 5.75 Å². The number of nitrogens with one attached hydrogen (secondary N) is 1. The minimum atomic E-state index is -0.658. The number of carbonyl (C=O) groups excluding carboxylic acids is 3. The molecule has 3 aromatic rings. The number of rotatable bonds is 6. The molecule has 4 rings (SSSR count). The van der Waals surface area contributed by atoms with Gasteiger partial charge in [-0.2, -0.15) is 0 Å². The maximum atomic E-state index is 14.1. The van der Waals surface area contributed by atoms with Gasteiger partial charge in [-0.3, -0.25) is 14.7 Å². The van der Waals surface area contributed by atoms with Crippen molar-refractivity contribution >= 4 is 41.1 Å². The van der Waals surface area contributed by atoms with Crippen LogP contribution < -0.4 is 15.8 Å². The standard InChI is InChI=1S/C17H13ClFN5O2.C11H19NO4/c1-26-14-8-22-16(10-6-9(18)2-3-12(10)19)24-17(14)23-13-4-5-21-7-11(13)15(20)25;1-11(2,3)16-10(14)12-7-5-6-8(12)9(13)15-4/h2-8H,1H3,(H2,20,25)(H,21,22,23,24);8H,5-7H2,1-4H3/t;8-/m.1/s1. The lowest BCUT2D eigenvalue weighted by molar-refractivity contribution is -0.145. The van der Waals surface area contributed by atoms with Crippen LogP contribution in [-0.2, 0) is 14.3 Å². The third-order valence-electron chi connectivity index (χ3n) is 5.84. The number of nitrogens with zero attached hydrogens (tertiary/aromatic N) is 4. The Morgan fingerprint density at radius 1 is 1.17 bits per heavy atom. The molecular weight excluding hydrogens is 571 g/mol. The first-order valence-corrected chi connectivity index (χ1v) is 13.2. The van der Waals surface area contributed by atoms with Gasteiger partial charge in [-0.25, -0.2) is 23.9 Å². The number of methoxy groups -OCH3 is 2. The second kappa shape index (κ2) is 13.9. The van der Waals surface area contributed by atoms with E-state index in [0.717, 1.165) is 6.42 Å². The number of nitrogens with two attached hydrogens (primary N) is 1. The lowest BCUT2D eigenvalue weighted by atomic mass is 10.2. The number of hydrogen-bond donors (Lipinski definition) is 2. The van der Waals surface area contributed by atoms with E-state index in [1.807, 2.05) is 0 Å². The molecule has 2 amide bonds. The molecule has 0 unspecified atom stereocenters. The van der Waals surface area contributed by atoms with Gasteiger partial charge in [-0.15, -0.1) is 0 Å². The summed E-state index contributed by atoms with van der Waals surface area (Å²) in [4.78, 5) is 48.5. The molecule has 0 saturated carbocycles. The van der Waals surface area contributed by atoms with Crippen LogP contribution in [0.15, 0.2) is 42.9 Å². The molecule has 1 saturated heterocycles. The third-order valence-corrected chi connectivity index (χ3v) is 6.07. The molecule has 2 aromatic heterocycles. The molecule has 1 fully saturated rings. The number of primary amides is 1. The van der Waals surface area contributed by atoms with E-state index in [0.29, 0.717) is 29.4 Å². The van der Waals surface area contributed by atoms with Crippen molar-refractivity contribution in [1.82, 2.24) is 19.9 Å². The van der Waals surface area contributed by atoms with Crippen LogP contribution in [0.4, 0.5) is 20.7 Å². The molecule has 0 spiro atoms. The van der Waals surface area contributed by atoms with Gasteiger partial charge < -0.3 is 25.3 Å². The summed E-state index contributed by atoms with van der Waals surface area (Å²) in [6.07, 6.45) is 5.21. The molecule has 0 bridgehead atoms. The number of aromatic nitrogens is 3. The number of benzene rings is 1. The summed E-state index contributed by atoms with van der Waals surface area (Å²) >= 11 is 5.93.